The lowest BCUT2D eigenvalue weighted by Crippen LogP contribution is -2.45. The average Bonchev–Trinajstić information content (AvgIpc) is 3.13. The van der Waals surface area contributed by atoms with Crippen LogP contribution in [-0.2, 0) is 20.7 Å². The Labute approximate surface area is 162 Å². The first-order valence-corrected chi connectivity index (χ1v) is 9.74. The average molecular weight is 377 g/mol. The first-order chi connectivity index (χ1) is 13.3. The lowest BCUT2D eigenvalue weighted by molar-refractivity contribution is -0.117. The molecule has 0 aliphatic carbocycles. The standard InChI is InChI=1S/C20H32N4O3/c1-3-4-12-26-14-15-27-13-10-22-20(21-2)23-16-19(25)24-11-9-17-7-5-6-8-18(17)24/h5-8H,3-4,9-16H2,1-2H3,(H2,21,22,23). The molecule has 2 rings (SSSR count). The molecule has 1 heterocycles. The minimum absolute atomic E-state index is 0.0448. The van der Waals surface area contributed by atoms with Gasteiger partial charge in [-0.15, -0.1) is 0 Å². The van der Waals surface area contributed by atoms with E-state index in [0.717, 1.165) is 38.1 Å². The van der Waals surface area contributed by atoms with Gasteiger partial charge >= 0.3 is 0 Å². The van der Waals surface area contributed by atoms with Crippen LogP contribution in [0.1, 0.15) is 25.3 Å². The van der Waals surface area contributed by atoms with Gasteiger partial charge in [0, 0.05) is 32.4 Å². The second-order valence-corrected chi connectivity index (χ2v) is 6.35. The van der Waals surface area contributed by atoms with Gasteiger partial charge in [-0.2, -0.15) is 0 Å². The van der Waals surface area contributed by atoms with E-state index in [1.54, 1.807) is 7.05 Å². The van der Waals surface area contributed by atoms with Gasteiger partial charge in [0.2, 0.25) is 5.91 Å². The zero-order valence-electron chi connectivity index (χ0n) is 16.5. The lowest BCUT2D eigenvalue weighted by atomic mass is 10.2. The number of anilines is 1. The summed E-state index contributed by atoms with van der Waals surface area (Å²) >= 11 is 0. The van der Waals surface area contributed by atoms with Crippen molar-refractivity contribution in [3.63, 3.8) is 0 Å². The Bertz CT molecular complexity index is 607. The van der Waals surface area contributed by atoms with Crippen LogP contribution >= 0.6 is 0 Å². The van der Waals surface area contributed by atoms with Gasteiger partial charge in [0.1, 0.15) is 0 Å². The minimum atomic E-state index is 0.0448. The molecule has 27 heavy (non-hydrogen) atoms. The van der Waals surface area contributed by atoms with E-state index in [1.165, 1.54) is 5.56 Å². The van der Waals surface area contributed by atoms with E-state index in [1.807, 2.05) is 23.1 Å². The van der Waals surface area contributed by atoms with Crippen LogP contribution in [0, 0.1) is 0 Å². The molecule has 1 amide bonds. The van der Waals surface area contributed by atoms with Gasteiger partial charge in [-0.1, -0.05) is 31.5 Å². The number of guanidine groups is 1. The number of hydrogen-bond donors (Lipinski definition) is 2. The number of unbranched alkanes of at least 4 members (excludes halogenated alkanes) is 1. The molecule has 1 aliphatic rings. The molecule has 0 unspecified atom stereocenters. The van der Waals surface area contributed by atoms with E-state index < -0.39 is 0 Å². The summed E-state index contributed by atoms with van der Waals surface area (Å²) in [6.07, 6.45) is 3.14. The zero-order valence-corrected chi connectivity index (χ0v) is 16.5. The molecule has 7 heteroatoms. The number of nitrogens with one attached hydrogen (secondary N) is 2. The largest absolute Gasteiger partial charge is 0.379 e. The molecule has 0 fully saturated rings. The first kappa shape index (κ1) is 21.2. The fourth-order valence-electron chi connectivity index (χ4n) is 2.88. The smallest absolute Gasteiger partial charge is 0.246 e. The number of carbonyl (C=O) groups is 1. The third-order valence-corrected chi connectivity index (χ3v) is 4.37. The maximum Gasteiger partial charge on any atom is 0.246 e. The van der Waals surface area contributed by atoms with E-state index in [0.29, 0.717) is 32.3 Å². The van der Waals surface area contributed by atoms with Gasteiger partial charge in [0.15, 0.2) is 5.96 Å². The van der Waals surface area contributed by atoms with Crippen molar-refractivity contribution >= 4 is 17.6 Å². The van der Waals surface area contributed by atoms with Crippen molar-refractivity contribution in [3.05, 3.63) is 29.8 Å². The molecular weight excluding hydrogens is 344 g/mol. The van der Waals surface area contributed by atoms with Crippen molar-refractivity contribution in [2.45, 2.75) is 26.2 Å². The summed E-state index contributed by atoms with van der Waals surface area (Å²) in [7, 11) is 1.69. The molecule has 150 valence electrons. The van der Waals surface area contributed by atoms with Crippen molar-refractivity contribution in [2.24, 2.45) is 4.99 Å². The number of para-hydroxylation sites is 1. The Kier molecular flexibility index (Phi) is 9.65. The molecule has 1 aromatic rings. The van der Waals surface area contributed by atoms with Gasteiger partial charge in [-0.25, -0.2) is 0 Å². The van der Waals surface area contributed by atoms with Crippen LogP contribution in [-0.4, -0.2) is 65.0 Å². The van der Waals surface area contributed by atoms with Gasteiger partial charge in [0.25, 0.3) is 0 Å². The number of fused-ring (bicyclic) bond motifs is 1. The van der Waals surface area contributed by atoms with Crippen LogP contribution in [0.25, 0.3) is 0 Å². The predicted molar refractivity (Wildman–Crippen MR) is 108 cm³/mol. The summed E-state index contributed by atoms with van der Waals surface area (Å²) in [4.78, 5) is 18.5. The number of rotatable bonds is 11. The number of ether oxygens (including phenoxy) is 2. The number of amides is 1. The molecule has 0 saturated carbocycles. The van der Waals surface area contributed by atoms with Crippen LogP contribution < -0.4 is 15.5 Å². The fraction of sp³-hybridized carbons (Fsp3) is 0.600. The van der Waals surface area contributed by atoms with Crippen LogP contribution in [0.3, 0.4) is 0 Å². The first-order valence-electron chi connectivity index (χ1n) is 9.74. The van der Waals surface area contributed by atoms with E-state index >= 15 is 0 Å². The quantitative estimate of drug-likeness (QED) is 0.348. The van der Waals surface area contributed by atoms with Crippen LogP contribution in [0.5, 0.6) is 0 Å². The SMILES string of the molecule is CCCCOCCOCCNC(=NC)NCC(=O)N1CCc2ccccc21. The maximum atomic E-state index is 12.5. The Morgan fingerprint density at radius 1 is 1.15 bits per heavy atom. The summed E-state index contributed by atoms with van der Waals surface area (Å²) < 4.78 is 10.9. The molecule has 0 saturated heterocycles. The topological polar surface area (TPSA) is 75.2 Å². The zero-order chi connectivity index (χ0) is 19.3. The Morgan fingerprint density at radius 2 is 1.93 bits per heavy atom. The van der Waals surface area contributed by atoms with Crippen LogP contribution in [0.2, 0.25) is 0 Å². The van der Waals surface area contributed by atoms with E-state index in [-0.39, 0.29) is 12.5 Å². The molecule has 0 aromatic heterocycles. The number of aliphatic imine (C=N–C) groups is 1. The van der Waals surface area contributed by atoms with Crippen molar-refractivity contribution in [3.8, 4) is 0 Å². The Balaban J connectivity index is 1.59. The second-order valence-electron chi connectivity index (χ2n) is 6.35. The highest BCUT2D eigenvalue weighted by Gasteiger charge is 2.23. The Morgan fingerprint density at radius 3 is 2.70 bits per heavy atom. The number of carbonyl (C=O) groups excluding carboxylic acids is 1. The molecule has 1 aliphatic heterocycles. The van der Waals surface area contributed by atoms with E-state index in [9.17, 15) is 4.79 Å². The molecule has 2 N–H and O–H groups in total. The Hall–Kier alpha value is -2.12. The van der Waals surface area contributed by atoms with Gasteiger partial charge in [-0.3, -0.25) is 9.79 Å². The highest BCUT2D eigenvalue weighted by atomic mass is 16.5. The summed E-state index contributed by atoms with van der Waals surface area (Å²) in [6, 6.07) is 8.05. The normalized spacial score (nSPS) is 13.6. The number of benzene rings is 1. The molecule has 0 atom stereocenters. The molecule has 0 bridgehead atoms. The lowest BCUT2D eigenvalue weighted by Gasteiger charge is -2.18. The second kappa shape index (κ2) is 12.3. The number of nitrogens with zero attached hydrogens (tertiary/aromatic N) is 2. The highest BCUT2D eigenvalue weighted by molar-refractivity contribution is 5.98. The summed E-state index contributed by atoms with van der Waals surface area (Å²) in [5.41, 5.74) is 2.24. The molecule has 0 spiro atoms. The van der Waals surface area contributed by atoms with Crippen molar-refractivity contribution in [2.75, 3.05) is 58.0 Å². The van der Waals surface area contributed by atoms with Crippen molar-refractivity contribution in [1.29, 1.82) is 0 Å². The fourth-order valence-corrected chi connectivity index (χ4v) is 2.88. The molecular formula is C20H32N4O3. The molecule has 0 radical (unpaired) electrons. The van der Waals surface area contributed by atoms with E-state index in [2.05, 4.69) is 28.6 Å². The van der Waals surface area contributed by atoms with Crippen LogP contribution in [0.4, 0.5) is 5.69 Å². The van der Waals surface area contributed by atoms with Gasteiger partial charge in [-0.05, 0) is 24.5 Å². The molecule has 7 nitrogen and oxygen atoms in total. The van der Waals surface area contributed by atoms with Crippen LogP contribution in [0.15, 0.2) is 29.3 Å². The number of hydrogen-bond acceptors (Lipinski definition) is 4. The summed E-state index contributed by atoms with van der Waals surface area (Å²) in [5.74, 6) is 0.641. The predicted octanol–water partition coefficient (Wildman–Crippen LogP) is 1.57. The third-order valence-electron chi connectivity index (χ3n) is 4.37. The van der Waals surface area contributed by atoms with Gasteiger partial charge in [0.05, 0.1) is 26.4 Å². The summed E-state index contributed by atoms with van der Waals surface area (Å²) in [6.45, 7) is 6.28. The van der Waals surface area contributed by atoms with Gasteiger partial charge < -0.3 is 25.0 Å². The van der Waals surface area contributed by atoms with E-state index in [4.69, 9.17) is 9.47 Å². The highest BCUT2D eigenvalue weighted by Crippen LogP contribution is 2.27. The third kappa shape index (κ3) is 7.19. The minimum Gasteiger partial charge on any atom is -0.379 e. The monoisotopic (exact) mass is 376 g/mol. The molecule has 1 aromatic carbocycles. The van der Waals surface area contributed by atoms with Crippen molar-refractivity contribution < 1.29 is 14.3 Å². The van der Waals surface area contributed by atoms with Crippen molar-refractivity contribution in [1.82, 2.24) is 10.6 Å². The summed E-state index contributed by atoms with van der Waals surface area (Å²) in [5, 5.41) is 6.22. The maximum absolute atomic E-state index is 12.5.